The fourth-order valence-electron chi connectivity index (χ4n) is 8.84. The van der Waals surface area contributed by atoms with Gasteiger partial charge >= 0.3 is 0 Å². The second-order valence-corrected chi connectivity index (χ2v) is 14.5. The first kappa shape index (κ1) is 33.6. The number of hydrogen-bond acceptors (Lipinski definition) is 5. The van der Waals surface area contributed by atoms with Crippen LogP contribution >= 0.6 is 0 Å². The molecule has 274 valence electrons. The quantitative estimate of drug-likeness (QED) is 0.175. The van der Waals surface area contributed by atoms with E-state index in [1.807, 2.05) is 115 Å². The number of ether oxygens (including phenoxy) is 1. The maximum absolute atomic E-state index is 15.8. The molecule has 8 aromatic carbocycles. The highest BCUT2D eigenvalue weighted by atomic mass is 19.1. The zero-order valence-corrected chi connectivity index (χ0v) is 31.1. The standard InChI is InChI=1S/C52H33FN4O/c53-36-31-32-44(39(33-36)37-21-7-8-22-38(37)51-55-49(34-17-3-1-4-18-34)54-50(56-51)35-19-5-2-6-20-35)57-45-27-13-9-23-40(45)52(41-24-10-14-28-46(41)57)42-25-11-15-29-47(42)58-48-30-16-12-26-43(48)52/h1-33H. The van der Waals surface area contributed by atoms with Crippen LogP contribution in [0.15, 0.2) is 200 Å². The fourth-order valence-corrected chi connectivity index (χ4v) is 8.84. The fraction of sp³-hybridized carbons (Fsp3) is 0.0192. The molecule has 0 aliphatic carbocycles. The molecule has 3 heterocycles. The molecule has 0 amide bonds. The Bertz CT molecular complexity index is 2870. The monoisotopic (exact) mass is 748 g/mol. The summed E-state index contributed by atoms with van der Waals surface area (Å²) in [6.07, 6.45) is 0. The lowest BCUT2D eigenvalue weighted by Gasteiger charge is -2.48. The average Bonchev–Trinajstić information content (AvgIpc) is 3.29. The Morgan fingerprint density at radius 2 is 0.828 bits per heavy atom. The number of halogens is 1. The van der Waals surface area contributed by atoms with E-state index >= 15 is 4.39 Å². The SMILES string of the molecule is Fc1ccc(N2c3ccccc3C3(c4ccccc4Oc4ccccc43)c3ccccc32)c(-c2ccccc2-c2nc(-c3ccccc3)nc(-c3ccccc3)n2)c1. The molecule has 0 saturated carbocycles. The minimum absolute atomic E-state index is 0.346. The highest BCUT2D eigenvalue weighted by Gasteiger charge is 2.51. The van der Waals surface area contributed by atoms with Crippen LogP contribution in [0.2, 0.25) is 0 Å². The molecule has 1 aromatic heterocycles. The first-order valence-corrected chi connectivity index (χ1v) is 19.3. The predicted octanol–water partition coefficient (Wildman–Crippen LogP) is 13.0. The molecule has 6 heteroatoms. The largest absolute Gasteiger partial charge is 0.457 e. The van der Waals surface area contributed by atoms with E-state index in [1.54, 1.807) is 12.1 Å². The summed E-state index contributed by atoms with van der Waals surface area (Å²) in [5.74, 6) is 2.89. The van der Waals surface area contributed by atoms with Crippen LogP contribution in [0.25, 0.3) is 45.3 Å². The second-order valence-electron chi connectivity index (χ2n) is 14.5. The Kier molecular flexibility index (Phi) is 7.83. The van der Waals surface area contributed by atoms with Gasteiger partial charge in [0.1, 0.15) is 17.3 Å². The van der Waals surface area contributed by atoms with Crippen LogP contribution in [0.1, 0.15) is 22.3 Å². The third-order valence-electron chi connectivity index (χ3n) is 11.3. The van der Waals surface area contributed by atoms with Crippen molar-refractivity contribution in [2.75, 3.05) is 4.90 Å². The molecule has 0 saturated heterocycles. The number of para-hydroxylation sites is 4. The van der Waals surface area contributed by atoms with Crippen molar-refractivity contribution in [3.8, 4) is 56.8 Å². The zero-order valence-electron chi connectivity index (χ0n) is 31.1. The van der Waals surface area contributed by atoms with Crippen LogP contribution in [0.5, 0.6) is 11.5 Å². The van der Waals surface area contributed by atoms with Crippen molar-refractivity contribution in [1.82, 2.24) is 15.0 Å². The highest BCUT2D eigenvalue weighted by Crippen LogP contribution is 2.63. The van der Waals surface area contributed by atoms with Crippen molar-refractivity contribution in [3.05, 3.63) is 228 Å². The number of benzene rings is 8. The first-order chi connectivity index (χ1) is 28.7. The van der Waals surface area contributed by atoms with Crippen molar-refractivity contribution in [3.63, 3.8) is 0 Å². The molecule has 11 rings (SSSR count). The van der Waals surface area contributed by atoms with Gasteiger partial charge < -0.3 is 9.64 Å². The van der Waals surface area contributed by atoms with Crippen molar-refractivity contribution in [2.45, 2.75) is 5.41 Å². The van der Waals surface area contributed by atoms with E-state index in [4.69, 9.17) is 19.7 Å². The van der Waals surface area contributed by atoms with Crippen LogP contribution in [-0.4, -0.2) is 15.0 Å². The smallest absolute Gasteiger partial charge is 0.164 e. The van der Waals surface area contributed by atoms with Gasteiger partial charge in [0.2, 0.25) is 0 Å². The number of nitrogens with zero attached hydrogens (tertiary/aromatic N) is 4. The molecule has 0 unspecified atom stereocenters. The third kappa shape index (κ3) is 5.19. The Balaban J connectivity index is 1.16. The van der Waals surface area contributed by atoms with Gasteiger partial charge in [0.05, 0.1) is 22.5 Å². The molecule has 0 fully saturated rings. The molecule has 0 N–H and O–H groups in total. The Morgan fingerprint density at radius 1 is 0.379 bits per heavy atom. The summed E-state index contributed by atoms with van der Waals surface area (Å²) in [4.78, 5) is 17.4. The maximum Gasteiger partial charge on any atom is 0.164 e. The number of aromatic nitrogens is 3. The van der Waals surface area contributed by atoms with Gasteiger partial charge in [-0.3, -0.25) is 0 Å². The molecule has 1 spiro atoms. The lowest BCUT2D eigenvalue weighted by molar-refractivity contribution is 0.434. The summed E-state index contributed by atoms with van der Waals surface area (Å²) in [6.45, 7) is 0. The minimum atomic E-state index is -0.695. The molecule has 58 heavy (non-hydrogen) atoms. The number of anilines is 3. The number of fused-ring (bicyclic) bond motifs is 8. The van der Waals surface area contributed by atoms with Gasteiger partial charge in [-0.15, -0.1) is 0 Å². The molecule has 0 radical (unpaired) electrons. The van der Waals surface area contributed by atoms with E-state index in [9.17, 15) is 0 Å². The van der Waals surface area contributed by atoms with Gasteiger partial charge in [0.25, 0.3) is 0 Å². The normalized spacial score (nSPS) is 13.2. The lowest BCUT2D eigenvalue weighted by atomic mass is 9.61. The van der Waals surface area contributed by atoms with E-state index in [0.29, 0.717) is 23.0 Å². The van der Waals surface area contributed by atoms with E-state index in [1.165, 1.54) is 0 Å². The number of rotatable bonds is 5. The van der Waals surface area contributed by atoms with E-state index in [-0.39, 0.29) is 5.82 Å². The highest BCUT2D eigenvalue weighted by molar-refractivity contribution is 5.97. The first-order valence-electron chi connectivity index (χ1n) is 19.3. The van der Waals surface area contributed by atoms with Crippen molar-refractivity contribution >= 4 is 17.1 Å². The van der Waals surface area contributed by atoms with Crippen molar-refractivity contribution in [1.29, 1.82) is 0 Å². The van der Waals surface area contributed by atoms with Gasteiger partial charge in [-0.05, 0) is 59.2 Å². The Morgan fingerprint density at radius 3 is 1.40 bits per heavy atom. The predicted molar refractivity (Wildman–Crippen MR) is 228 cm³/mol. The molecule has 0 bridgehead atoms. The molecular formula is C52H33FN4O. The van der Waals surface area contributed by atoms with Crippen molar-refractivity contribution in [2.24, 2.45) is 0 Å². The van der Waals surface area contributed by atoms with Crippen LogP contribution < -0.4 is 9.64 Å². The van der Waals surface area contributed by atoms with Crippen molar-refractivity contribution < 1.29 is 9.13 Å². The molecule has 2 aliphatic heterocycles. The van der Waals surface area contributed by atoms with Gasteiger partial charge in [0, 0.05) is 33.4 Å². The van der Waals surface area contributed by atoms with E-state index in [0.717, 1.165) is 73.1 Å². The molecule has 2 aliphatic rings. The van der Waals surface area contributed by atoms with Crippen LogP contribution in [0, 0.1) is 5.82 Å². The summed E-state index contributed by atoms with van der Waals surface area (Å²) in [5, 5.41) is 0. The summed E-state index contributed by atoms with van der Waals surface area (Å²) in [5.41, 5.74) is 10.4. The Labute approximate surface area is 335 Å². The second kappa shape index (κ2) is 13.5. The zero-order chi connectivity index (χ0) is 38.6. The maximum atomic E-state index is 15.8. The molecule has 5 nitrogen and oxygen atoms in total. The average molecular weight is 749 g/mol. The summed E-state index contributed by atoms with van der Waals surface area (Å²) in [6, 6.07) is 66.6. The van der Waals surface area contributed by atoms with Gasteiger partial charge in [-0.2, -0.15) is 0 Å². The van der Waals surface area contributed by atoms with Gasteiger partial charge in [-0.1, -0.05) is 158 Å². The van der Waals surface area contributed by atoms with E-state index in [2.05, 4.69) is 77.7 Å². The molecule has 9 aromatic rings. The third-order valence-corrected chi connectivity index (χ3v) is 11.3. The summed E-state index contributed by atoms with van der Waals surface area (Å²) >= 11 is 0. The van der Waals surface area contributed by atoms with Gasteiger partial charge in [-0.25, -0.2) is 19.3 Å². The molecule has 0 atom stereocenters. The lowest BCUT2D eigenvalue weighted by Crippen LogP contribution is -2.39. The summed E-state index contributed by atoms with van der Waals surface area (Å²) < 4.78 is 22.4. The summed E-state index contributed by atoms with van der Waals surface area (Å²) in [7, 11) is 0. The van der Waals surface area contributed by atoms with Gasteiger partial charge in [0.15, 0.2) is 17.5 Å². The topological polar surface area (TPSA) is 51.1 Å². The van der Waals surface area contributed by atoms with Crippen LogP contribution in [-0.2, 0) is 5.41 Å². The molecular weight excluding hydrogens is 716 g/mol. The Hall–Kier alpha value is -7.70. The van der Waals surface area contributed by atoms with Crippen LogP contribution in [0.4, 0.5) is 21.5 Å². The number of hydrogen-bond donors (Lipinski definition) is 0. The minimum Gasteiger partial charge on any atom is -0.457 e. The van der Waals surface area contributed by atoms with E-state index < -0.39 is 5.41 Å². The van der Waals surface area contributed by atoms with Crippen LogP contribution in [0.3, 0.4) is 0 Å².